The molecule has 1 aliphatic carbocycles. The molecule has 4 rings (SSSR count). The van der Waals surface area contributed by atoms with Crippen LogP contribution in [-0.4, -0.2) is 15.0 Å². The number of nitrogens with zero attached hydrogens (tertiary/aromatic N) is 3. The van der Waals surface area contributed by atoms with Crippen molar-refractivity contribution in [3.05, 3.63) is 51.7 Å². The van der Waals surface area contributed by atoms with Crippen LogP contribution in [0.2, 0.25) is 5.15 Å². The van der Waals surface area contributed by atoms with Crippen molar-refractivity contribution in [2.45, 2.75) is 18.8 Å². The second-order valence-electron chi connectivity index (χ2n) is 5.22. The van der Waals surface area contributed by atoms with Crippen molar-refractivity contribution >= 4 is 38.4 Å². The van der Waals surface area contributed by atoms with E-state index in [4.69, 9.17) is 11.6 Å². The quantitative estimate of drug-likeness (QED) is 0.605. The second kappa shape index (κ2) is 5.04. The Morgan fingerprint density at radius 2 is 1.86 bits per heavy atom. The number of fused-ring (bicyclic) bond motifs is 1. The van der Waals surface area contributed by atoms with E-state index >= 15 is 0 Å². The van der Waals surface area contributed by atoms with Crippen LogP contribution in [0.25, 0.3) is 22.4 Å². The fourth-order valence-corrected chi connectivity index (χ4v) is 3.08. The van der Waals surface area contributed by atoms with Crippen LogP contribution < -0.4 is 0 Å². The maximum atomic E-state index is 6.15. The minimum atomic E-state index is 0.476. The summed E-state index contributed by atoms with van der Waals surface area (Å²) < 4.78 is 0.880. The molecule has 5 heteroatoms. The summed E-state index contributed by atoms with van der Waals surface area (Å²) in [5.41, 5.74) is 2.68. The van der Waals surface area contributed by atoms with Crippen LogP contribution in [0, 0.1) is 0 Å². The molecular weight excluding hydrogens is 350 g/mol. The van der Waals surface area contributed by atoms with E-state index < -0.39 is 0 Å². The van der Waals surface area contributed by atoms with E-state index in [1.165, 1.54) is 12.8 Å². The maximum absolute atomic E-state index is 6.15. The average molecular weight is 361 g/mol. The monoisotopic (exact) mass is 359 g/mol. The van der Waals surface area contributed by atoms with Gasteiger partial charge in [-0.15, -0.1) is 0 Å². The van der Waals surface area contributed by atoms with Crippen molar-refractivity contribution in [2.75, 3.05) is 0 Å². The zero-order valence-electron chi connectivity index (χ0n) is 11.1. The number of para-hydroxylation sites is 1. The van der Waals surface area contributed by atoms with E-state index in [0.29, 0.717) is 16.9 Å². The third-order valence-corrected chi connectivity index (χ3v) is 4.40. The van der Waals surface area contributed by atoms with E-state index in [9.17, 15) is 0 Å². The summed E-state index contributed by atoms with van der Waals surface area (Å²) in [4.78, 5) is 13.7. The molecule has 104 valence electrons. The number of hydrogen-bond donors (Lipinski definition) is 0. The number of hydrogen-bond acceptors (Lipinski definition) is 3. The Balaban J connectivity index is 1.91. The first-order chi connectivity index (χ1) is 10.2. The van der Waals surface area contributed by atoms with Crippen molar-refractivity contribution in [2.24, 2.45) is 0 Å². The van der Waals surface area contributed by atoms with Gasteiger partial charge in [0.05, 0.1) is 5.52 Å². The minimum Gasteiger partial charge on any atom is -0.243 e. The second-order valence-corrected chi connectivity index (χ2v) is 6.47. The summed E-state index contributed by atoms with van der Waals surface area (Å²) in [6.45, 7) is 0. The molecule has 2 heterocycles. The topological polar surface area (TPSA) is 38.7 Å². The fourth-order valence-electron chi connectivity index (χ4n) is 2.38. The molecule has 0 atom stereocenters. The first kappa shape index (κ1) is 13.2. The third kappa shape index (κ3) is 2.54. The molecule has 0 bridgehead atoms. The van der Waals surface area contributed by atoms with Gasteiger partial charge in [-0.25, -0.2) is 15.0 Å². The number of rotatable bonds is 2. The highest BCUT2D eigenvalue weighted by atomic mass is 79.9. The summed E-state index contributed by atoms with van der Waals surface area (Å²) in [6.07, 6.45) is 2.36. The van der Waals surface area contributed by atoms with E-state index in [1.807, 2.05) is 36.4 Å². The fraction of sp³-hybridized carbons (Fsp3) is 0.188. The summed E-state index contributed by atoms with van der Waals surface area (Å²) >= 11 is 9.72. The van der Waals surface area contributed by atoms with Crippen LogP contribution >= 0.6 is 27.5 Å². The summed E-state index contributed by atoms with van der Waals surface area (Å²) in [6, 6.07) is 11.9. The van der Waals surface area contributed by atoms with Gasteiger partial charge in [0.2, 0.25) is 0 Å². The Morgan fingerprint density at radius 1 is 1.05 bits per heavy atom. The van der Waals surface area contributed by atoms with E-state index in [1.54, 1.807) is 0 Å². The molecule has 0 amide bonds. The lowest BCUT2D eigenvalue weighted by Gasteiger charge is -2.07. The van der Waals surface area contributed by atoms with Crippen LogP contribution in [0.3, 0.4) is 0 Å². The van der Waals surface area contributed by atoms with Crippen LogP contribution in [0.5, 0.6) is 0 Å². The molecule has 0 N–H and O–H groups in total. The van der Waals surface area contributed by atoms with Gasteiger partial charge < -0.3 is 0 Å². The lowest BCUT2D eigenvalue weighted by Crippen LogP contribution is -1.98. The highest BCUT2D eigenvalue weighted by Crippen LogP contribution is 2.40. The van der Waals surface area contributed by atoms with Gasteiger partial charge in [0.1, 0.15) is 10.8 Å². The molecule has 21 heavy (non-hydrogen) atoms. The molecule has 1 saturated carbocycles. The summed E-state index contributed by atoms with van der Waals surface area (Å²) in [7, 11) is 0. The summed E-state index contributed by atoms with van der Waals surface area (Å²) in [5.74, 6) is 1.12. The Labute approximate surface area is 135 Å². The van der Waals surface area contributed by atoms with Crippen LogP contribution in [0.1, 0.15) is 24.5 Å². The van der Waals surface area contributed by atoms with Gasteiger partial charge in [0.25, 0.3) is 0 Å². The van der Waals surface area contributed by atoms with Crippen molar-refractivity contribution < 1.29 is 0 Å². The van der Waals surface area contributed by atoms with Gasteiger partial charge in [0.15, 0.2) is 5.82 Å². The third-order valence-electron chi connectivity index (χ3n) is 3.60. The van der Waals surface area contributed by atoms with Crippen molar-refractivity contribution in [1.82, 2.24) is 15.0 Å². The lowest BCUT2D eigenvalue weighted by molar-refractivity contribution is 0.988. The maximum Gasteiger partial charge on any atom is 0.181 e. The zero-order valence-corrected chi connectivity index (χ0v) is 13.4. The Bertz CT molecular complexity index is 846. The Morgan fingerprint density at radius 3 is 2.67 bits per heavy atom. The Kier molecular flexibility index (Phi) is 3.16. The highest BCUT2D eigenvalue weighted by molar-refractivity contribution is 9.10. The number of aromatic nitrogens is 3. The van der Waals surface area contributed by atoms with E-state index in [-0.39, 0.29) is 0 Å². The van der Waals surface area contributed by atoms with E-state index in [2.05, 4.69) is 30.9 Å². The Hall–Kier alpha value is -1.52. The largest absolute Gasteiger partial charge is 0.243 e. The molecule has 0 aliphatic heterocycles. The predicted octanol–water partition coefficient (Wildman–Crippen LogP) is 4.99. The average Bonchev–Trinajstić information content (AvgIpc) is 3.30. The SMILES string of the molecule is Clc1cc(C2CC2)nc(-c2nc3ccccc3cc2Br)n1. The highest BCUT2D eigenvalue weighted by Gasteiger charge is 2.26. The number of pyridine rings is 1. The first-order valence-electron chi connectivity index (χ1n) is 6.81. The van der Waals surface area contributed by atoms with Gasteiger partial charge in [-0.3, -0.25) is 0 Å². The van der Waals surface area contributed by atoms with Crippen molar-refractivity contribution in [3.8, 4) is 11.5 Å². The van der Waals surface area contributed by atoms with Crippen molar-refractivity contribution in [1.29, 1.82) is 0 Å². The smallest absolute Gasteiger partial charge is 0.181 e. The standard InChI is InChI=1S/C16H11BrClN3/c17-11-7-10-3-1-2-4-12(10)19-15(11)16-20-13(9-5-6-9)8-14(18)21-16/h1-4,7-9H,5-6H2. The van der Waals surface area contributed by atoms with Gasteiger partial charge in [-0.1, -0.05) is 29.8 Å². The first-order valence-corrected chi connectivity index (χ1v) is 7.98. The molecule has 3 nitrogen and oxygen atoms in total. The molecule has 3 aromatic rings. The minimum absolute atomic E-state index is 0.476. The molecular formula is C16H11BrClN3. The van der Waals surface area contributed by atoms with E-state index in [0.717, 1.165) is 26.8 Å². The molecule has 0 unspecified atom stereocenters. The molecule has 2 aromatic heterocycles. The molecule has 0 radical (unpaired) electrons. The van der Waals surface area contributed by atoms with Crippen LogP contribution in [0.4, 0.5) is 0 Å². The zero-order chi connectivity index (χ0) is 14.4. The van der Waals surface area contributed by atoms with Gasteiger partial charge >= 0.3 is 0 Å². The van der Waals surface area contributed by atoms with Gasteiger partial charge in [-0.2, -0.15) is 0 Å². The van der Waals surface area contributed by atoms with Crippen LogP contribution in [0.15, 0.2) is 40.9 Å². The lowest BCUT2D eigenvalue weighted by atomic mass is 10.2. The summed E-state index contributed by atoms with van der Waals surface area (Å²) in [5, 5.41) is 1.56. The van der Waals surface area contributed by atoms with Crippen LogP contribution in [-0.2, 0) is 0 Å². The molecule has 1 fully saturated rings. The predicted molar refractivity (Wildman–Crippen MR) is 87.5 cm³/mol. The van der Waals surface area contributed by atoms with Gasteiger partial charge in [0, 0.05) is 21.5 Å². The number of benzene rings is 1. The normalized spacial score (nSPS) is 14.6. The molecule has 1 aromatic carbocycles. The van der Waals surface area contributed by atoms with Gasteiger partial charge in [-0.05, 0) is 47.0 Å². The van der Waals surface area contributed by atoms with Crippen molar-refractivity contribution in [3.63, 3.8) is 0 Å². The molecule has 0 spiro atoms. The molecule has 0 saturated heterocycles. The number of halogens is 2. The molecule has 1 aliphatic rings.